The zero-order valence-corrected chi connectivity index (χ0v) is 10.6. The van der Waals surface area contributed by atoms with Crippen molar-refractivity contribution in [1.82, 2.24) is 9.78 Å². The summed E-state index contributed by atoms with van der Waals surface area (Å²) in [5.74, 6) is 0. The number of nitrogens with two attached hydrogens (primary N) is 1. The van der Waals surface area contributed by atoms with Gasteiger partial charge in [-0.2, -0.15) is 5.10 Å². The first-order valence-electron chi connectivity index (χ1n) is 6.15. The van der Waals surface area contributed by atoms with Gasteiger partial charge in [0.1, 0.15) is 0 Å². The van der Waals surface area contributed by atoms with Crippen LogP contribution in [-0.4, -0.2) is 35.2 Å². The van der Waals surface area contributed by atoms with Crippen LogP contribution in [0.1, 0.15) is 31.5 Å². The highest BCUT2D eigenvalue weighted by Crippen LogP contribution is 2.35. The van der Waals surface area contributed by atoms with Crippen LogP contribution in [0.15, 0.2) is 12.3 Å². The summed E-state index contributed by atoms with van der Waals surface area (Å²) in [6.45, 7) is 4.09. The molecule has 96 valence electrons. The van der Waals surface area contributed by atoms with E-state index in [0.717, 1.165) is 18.5 Å². The van der Waals surface area contributed by atoms with E-state index < -0.39 is 0 Å². The molecule has 0 spiro atoms. The predicted octanol–water partition coefficient (Wildman–Crippen LogP) is 1.01. The van der Waals surface area contributed by atoms with E-state index in [2.05, 4.69) is 5.10 Å². The highest BCUT2D eigenvalue weighted by atomic mass is 16.5. The largest absolute Gasteiger partial charge is 0.381 e. The van der Waals surface area contributed by atoms with Crippen LogP contribution in [0.4, 0.5) is 0 Å². The van der Waals surface area contributed by atoms with Crippen LogP contribution in [0.25, 0.3) is 0 Å². The third kappa shape index (κ3) is 2.51. The topological polar surface area (TPSA) is 62.3 Å². The molecule has 0 bridgehead atoms. The maximum Gasteiger partial charge on any atom is 0.0933 e. The number of rotatable bonds is 4. The molecule has 5 nitrogen and oxygen atoms in total. The molecule has 2 N–H and O–H groups in total. The number of ether oxygens (including phenoxy) is 2. The van der Waals surface area contributed by atoms with Gasteiger partial charge in [0.05, 0.1) is 17.3 Å². The summed E-state index contributed by atoms with van der Waals surface area (Å²) in [5, 5.41) is 4.38. The summed E-state index contributed by atoms with van der Waals surface area (Å²) in [7, 11) is 1.90. The Morgan fingerprint density at radius 1 is 1.59 bits per heavy atom. The predicted molar refractivity (Wildman–Crippen MR) is 64.5 cm³/mol. The van der Waals surface area contributed by atoms with Gasteiger partial charge in [0.25, 0.3) is 0 Å². The van der Waals surface area contributed by atoms with Crippen LogP contribution in [0.3, 0.4) is 0 Å². The van der Waals surface area contributed by atoms with Crippen LogP contribution in [0.5, 0.6) is 0 Å². The fraction of sp³-hybridized carbons (Fsp3) is 0.750. The molecule has 2 rings (SSSR count). The van der Waals surface area contributed by atoms with Gasteiger partial charge in [-0.25, -0.2) is 0 Å². The van der Waals surface area contributed by atoms with Crippen LogP contribution in [-0.2, 0) is 16.5 Å². The number of aryl methyl sites for hydroxylation is 1. The average molecular weight is 239 g/mol. The van der Waals surface area contributed by atoms with Gasteiger partial charge in [-0.3, -0.25) is 4.68 Å². The molecule has 1 aliphatic rings. The monoisotopic (exact) mass is 239 g/mol. The van der Waals surface area contributed by atoms with Gasteiger partial charge in [-0.1, -0.05) is 0 Å². The second-order valence-electron chi connectivity index (χ2n) is 4.50. The average Bonchev–Trinajstić information content (AvgIpc) is 2.76. The molecule has 1 aromatic rings. The van der Waals surface area contributed by atoms with Crippen molar-refractivity contribution in [3.05, 3.63) is 18.0 Å². The van der Waals surface area contributed by atoms with Crippen molar-refractivity contribution in [1.29, 1.82) is 0 Å². The summed E-state index contributed by atoms with van der Waals surface area (Å²) in [4.78, 5) is 0. The Bertz CT molecular complexity index is 353. The third-order valence-electron chi connectivity index (χ3n) is 3.39. The lowest BCUT2D eigenvalue weighted by Crippen LogP contribution is -2.48. The zero-order chi connectivity index (χ0) is 12.3. The van der Waals surface area contributed by atoms with E-state index >= 15 is 0 Å². The molecule has 17 heavy (non-hydrogen) atoms. The minimum atomic E-state index is -0.318. The molecule has 1 aliphatic heterocycles. The fourth-order valence-electron chi connectivity index (χ4n) is 2.42. The van der Waals surface area contributed by atoms with Crippen LogP contribution >= 0.6 is 0 Å². The number of nitrogens with zero attached hydrogens (tertiary/aromatic N) is 2. The Kier molecular flexibility index (Phi) is 3.81. The second kappa shape index (κ2) is 5.16. The second-order valence-corrected chi connectivity index (χ2v) is 4.50. The molecular weight excluding hydrogens is 218 g/mol. The van der Waals surface area contributed by atoms with Crippen molar-refractivity contribution in [3.63, 3.8) is 0 Å². The van der Waals surface area contributed by atoms with Crippen LogP contribution < -0.4 is 5.73 Å². The lowest BCUT2D eigenvalue weighted by Gasteiger charge is -2.40. The van der Waals surface area contributed by atoms with E-state index in [-0.39, 0.29) is 11.6 Å². The van der Waals surface area contributed by atoms with Gasteiger partial charge in [0, 0.05) is 45.9 Å². The van der Waals surface area contributed by atoms with Crippen molar-refractivity contribution in [2.75, 3.05) is 19.8 Å². The first kappa shape index (κ1) is 12.5. The van der Waals surface area contributed by atoms with E-state index in [4.69, 9.17) is 15.2 Å². The SMILES string of the molecule is CCOC1(C(N)c2ccn(C)n2)CCOCC1. The van der Waals surface area contributed by atoms with Crippen molar-refractivity contribution in [2.45, 2.75) is 31.4 Å². The van der Waals surface area contributed by atoms with Gasteiger partial charge in [0.2, 0.25) is 0 Å². The molecule has 0 radical (unpaired) electrons. The van der Waals surface area contributed by atoms with E-state index in [0.29, 0.717) is 19.8 Å². The first-order valence-corrected chi connectivity index (χ1v) is 6.15. The number of hydrogen-bond acceptors (Lipinski definition) is 4. The van der Waals surface area contributed by atoms with E-state index in [1.54, 1.807) is 4.68 Å². The molecule has 1 aromatic heterocycles. The Balaban J connectivity index is 2.20. The van der Waals surface area contributed by atoms with Gasteiger partial charge >= 0.3 is 0 Å². The van der Waals surface area contributed by atoms with Crippen molar-refractivity contribution in [2.24, 2.45) is 12.8 Å². The maximum absolute atomic E-state index is 6.35. The highest BCUT2D eigenvalue weighted by Gasteiger charge is 2.41. The van der Waals surface area contributed by atoms with E-state index in [9.17, 15) is 0 Å². The van der Waals surface area contributed by atoms with E-state index in [1.807, 2.05) is 26.2 Å². The lowest BCUT2D eigenvalue weighted by atomic mass is 9.84. The van der Waals surface area contributed by atoms with Crippen molar-refractivity contribution in [3.8, 4) is 0 Å². The zero-order valence-electron chi connectivity index (χ0n) is 10.6. The molecule has 1 saturated heterocycles. The summed E-state index contributed by atoms with van der Waals surface area (Å²) in [5.41, 5.74) is 6.92. The van der Waals surface area contributed by atoms with Gasteiger partial charge in [-0.15, -0.1) is 0 Å². The molecule has 0 aromatic carbocycles. The van der Waals surface area contributed by atoms with Gasteiger partial charge in [0.15, 0.2) is 0 Å². The van der Waals surface area contributed by atoms with Gasteiger partial charge < -0.3 is 15.2 Å². The summed E-state index contributed by atoms with van der Waals surface area (Å²) in [6.07, 6.45) is 3.57. The Morgan fingerprint density at radius 3 is 2.82 bits per heavy atom. The smallest absolute Gasteiger partial charge is 0.0933 e. The minimum Gasteiger partial charge on any atom is -0.381 e. The van der Waals surface area contributed by atoms with Crippen molar-refractivity contribution >= 4 is 0 Å². The lowest BCUT2D eigenvalue weighted by molar-refractivity contribution is -0.122. The van der Waals surface area contributed by atoms with Crippen LogP contribution in [0.2, 0.25) is 0 Å². The fourth-order valence-corrected chi connectivity index (χ4v) is 2.42. The van der Waals surface area contributed by atoms with Crippen LogP contribution in [0, 0.1) is 0 Å². The molecule has 0 aliphatic carbocycles. The van der Waals surface area contributed by atoms with Gasteiger partial charge in [-0.05, 0) is 13.0 Å². The molecule has 1 fully saturated rings. The highest BCUT2D eigenvalue weighted by molar-refractivity contribution is 5.12. The standard InChI is InChI=1S/C12H21N3O2/c1-3-17-12(5-8-16-9-6-12)11(13)10-4-7-15(2)14-10/h4,7,11H,3,5-6,8-9,13H2,1-2H3. The summed E-state index contributed by atoms with van der Waals surface area (Å²) in [6, 6.07) is 1.77. The Labute approximate surface area is 102 Å². The molecule has 0 amide bonds. The van der Waals surface area contributed by atoms with Crippen molar-refractivity contribution < 1.29 is 9.47 Å². The molecule has 2 heterocycles. The molecule has 1 atom stereocenters. The summed E-state index contributed by atoms with van der Waals surface area (Å²) >= 11 is 0. The maximum atomic E-state index is 6.35. The molecule has 5 heteroatoms. The number of aromatic nitrogens is 2. The van der Waals surface area contributed by atoms with E-state index in [1.165, 1.54) is 0 Å². The first-order chi connectivity index (χ1) is 8.18. The quantitative estimate of drug-likeness (QED) is 0.851. The number of hydrogen-bond donors (Lipinski definition) is 1. The molecular formula is C12H21N3O2. The summed E-state index contributed by atoms with van der Waals surface area (Å²) < 4.78 is 13.1. The normalized spacial score (nSPS) is 21.4. The third-order valence-corrected chi connectivity index (χ3v) is 3.39. The Hall–Kier alpha value is -0.910. The molecule has 1 unspecified atom stereocenters. The Morgan fingerprint density at radius 2 is 2.29 bits per heavy atom. The minimum absolute atomic E-state index is 0.187. The molecule has 0 saturated carbocycles.